The molecule has 0 aliphatic rings. The molecule has 0 fully saturated rings. The van der Waals surface area contributed by atoms with Crippen molar-refractivity contribution in [3.63, 3.8) is 0 Å². The second-order valence-corrected chi connectivity index (χ2v) is 4.18. The summed E-state index contributed by atoms with van der Waals surface area (Å²) in [5.74, 6) is -0.977. The van der Waals surface area contributed by atoms with Crippen LogP contribution >= 0.6 is 0 Å². The highest BCUT2D eigenvalue weighted by Crippen LogP contribution is 2.25. The highest BCUT2D eigenvalue weighted by atomic mass is 19.1. The molecule has 4 heteroatoms. The lowest BCUT2D eigenvalue weighted by molar-refractivity contribution is 0.622. The highest BCUT2D eigenvalue weighted by molar-refractivity contribution is 5.66. The lowest BCUT2D eigenvalue weighted by atomic mass is 10.0. The Morgan fingerprint density at radius 1 is 1.16 bits per heavy atom. The van der Waals surface area contributed by atoms with Gasteiger partial charge in [-0.15, -0.1) is 0 Å². The zero-order chi connectivity index (χ0) is 13.8. The van der Waals surface area contributed by atoms with Crippen molar-refractivity contribution in [2.75, 3.05) is 7.05 Å². The summed E-state index contributed by atoms with van der Waals surface area (Å²) < 4.78 is 27.3. The van der Waals surface area contributed by atoms with E-state index in [1.54, 1.807) is 19.2 Å². The second kappa shape index (κ2) is 5.59. The predicted molar refractivity (Wildman–Crippen MR) is 69.3 cm³/mol. The van der Waals surface area contributed by atoms with Crippen LogP contribution in [0.1, 0.15) is 11.1 Å². The molecule has 2 aromatic rings. The van der Waals surface area contributed by atoms with Gasteiger partial charge in [0, 0.05) is 12.1 Å². The highest BCUT2D eigenvalue weighted by Gasteiger charge is 2.08. The molecule has 0 heterocycles. The molecule has 0 amide bonds. The van der Waals surface area contributed by atoms with Crippen molar-refractivity contribution in [1.82, 2.24) is 5.32 Å². The maximum Gasteiger partial charge on any atom is 0.131 e. The number of hydrogen-bond acceptors (Lipinski definition) is 2. The Bertz CT molecular complexity index is 645. The number of nitrogens with zero attached hydrogens (tertiary/aromatic N) is 1. The van der Waals surface area contributed by atoms with E-state index in [0.29, 0.717) is 12.1 Å². The molecule has 0 atom stereocenters. The molecule has 2 aromatic carbocycles. The summed E-state index contributed by atoms with van der Waals surface area (Å²) in [4.78, 5) is 0. The Kier molecular flexibility index (Phi) is 3.88. The van der Waals surface area contributed by atoms with Crippen molar-refractivity contribution in [1.29, 1.82) is 5.26 Å². The van der Waals surface area contributed by atoms with Gasteiger partial charge in [-0.2, -0.15) is 5.26 Å². The fourth-order valence-corrected chi connectivity index (χ4v) is 1.92. The standard InChI is InChI=1S/C15H12F2N2/c1-19-9-10-2-3-14(15(17)6-10)12-4-11(8-18)5-13(16)7-12/h2-7,19H,9H2,1H3. The average molecular weight is 258 g/mol. The van der Waals surface area contributed by atoms with Gasteiger partial charge in [-0.25, -0.2) is 8.78 Å². The lowest BCUT2D eigenvalue weighted by Gasteiger charge is -2.07. The third-order valence-corrected chi connectivity index (χ3v) is 2.75. The number of nitrogens with one attached hydrogen (secondary N) is 1. The molecule has 1 N–H and O–H groups in total. The molecule has 0 saturated carbocycles. The molecule has 0 bridgehead atoms. The van der Waals surface area contributed by atoms with E-state index < -0.39 is 11.6 Å². The topological polar surface area (TPSA) is 35.8 Å². The van der Waals surface area contributed by atoms with Crippen molar-refractivity contribution in [3.05, 3.63) is 59.2 Å². The van der Waals surface area contributed by atoms with Crippen molar-refractivity contribution >= 4 is 0 Å². The van der Waals surface area contributed by atoms with Gasteiger partial charge in [0.05, 0.1) is 11.6 Å². The molecule has 0 aromatic heterocycles. The van der Waals surface area contributed by atoms with E-state index in [4.69, 9.17) is 5.26 Å². The number of rotatable bonds is 3. The van der Waals surface area contributed by atoms with Gasteiger partial charge in [0.2, 0.25) is 0 Å². The molecular weight excluding hydrogens is 246 g/mol. The minimum Gasteiger partial charge on any atom is -0.316 e. The summed E-state index contributed by atoms with van der Waals surface area (Å²) in [5.41, 5.74) is 1.63. The number of nitriles is 1. The molecule has 19 heavy (non-hydrogen) atoms. The van der Waals surface area contributed by atoms with Crippen LogP contribution in [0.3, 0.4) is 0 Å². The summed E-state index contributed by atoms with van der Waals surface area (Å²) in [6.45, 7) is 0.559. The van der Waals surface area contributed by atoms with E-state index in [1.165, 1.54) is 18.2 Å². The zero-order valence-electron chi connectivity index (χ0n) is 10.4. The first-order valence-corrected chi connectivity index (χ1v) is 5.78. The van der Waals surface area contributed by atoms with Gasteiger partial charge < -0.3 is 5.32 Å². The fraction of sp³-hybridized carbons (Fsp3) is 0.133. The Labute approximate surface area is 110 Å². The van der Waals surface area contributed by atoms with Gasteiger partial charge >= 0.3 is 0 Å². The molecule has 0 aliphatic heterocycles. The van der Waals surface area contributed by atoms with Gasteiger partial charge in [0.25, 0.3) is 0 Å². The van der Waals surface area contributed by atoms with Crippen LogP contribution in [0, 0.1) is 23.0 Å². The largest absolute Gasteiger partial charge is 0.316 e. The van der Waals surface area contributed by atoms with Crippen LogP contribution in [0.15, 0.2) is 36.4 Å². The van der Waals surface area contributed by atoms with Gasteiger partial charge in [-0.1, -0.05) is 12.1 Å². The first-order valence-electron chi connectivity index (χ1n) is 5.78. The van der Waals surface area contributed by atoms with Crippen molar-refractivity contribution in [2.45, 2.75) is 6.54 Å². The van der Waals surface area contributed by atoms with Crippen LogP contribution in [0.2, 0.25) is 0 Å². The Balaban J connectivity index is 2.47. The van der Waals surface area contributed by atoms with E-state index in [2.05, 4.69) is 5.32 Å². The van der Waals surface area contributed by atoms with E-state index >= 15 is 0 Å². The minimum absolute atomic E-state index is 0.175. The van der Waals surface area contributed by atoms with Crippen LogP contribution in [0.4, 0.5) is 8.78 Å². The molecule has 2 rings (SSSR count). The SMILES string of the molecule is CNCc1ccc(-c2cc(F)cc(C#N)c2)c(F)c1. The maximum atomic E-state index is 14.0. The predicted octanol–water partition coefficient (Wildman–Crippen LogP) is 3.22. The molecule has 96 valence electrons. The first kappa shape index (κ1) is 13.2. The molecule has 0 unspecified atom stereocenters. The van der Waals surface area contributed by atoms with Gasteiger partial charge in [0.1, 0.15) is 11.6 Å². The summed E-state index contributed by atoms with van der Waals surface area (Å²) in [7, 11) is 1.78. The Morgan fingerprint density at radius 2 is 1.95 bits per heavy atom. The van der Waals surface area contributed by atoms with Gasteiger partial charge in [-0.3, -0.25) is 0 Å². The Morgan fingerprint density at radius 3 is 2.58 bits per heavy atom. The van der Waals surface area contributed by atoms with Crippen LogP contribution in [-0.4, -0.2) is 7.05 Å². The number of benzene rings is 2. The van der Waals surface area contributed by atoms with Gasteiger partial charge in [0.15, 0.2) is 0 Å². The molecular formula is C15H12F2N2. The third kappa shape index (κ3) is 2.95. The molecule has 0 aliphatic carbocycles. The van der Waals surface area contributed by atoms with E-state index in [-0.39, 0.29) is 11.1 Å². The smallest absolute Gasteiger partial charge is 0.131 e. The minimum atomic E-state index is -0.548. The third-order valence-electron chi connectivity index (χ3n) is 2.75. The van der Waals surface area contributed by atoms with E-state index in [0.717, 1.165) is 11.6 Å². The average Bonchev–Trinajstić information content (AvgIpc) is 2.38. The van der Waals surface area contributed by atoms with Crippen LogP contribution in [0.25, 0.3) is 11.1 Å². The number of halogens is 2. The molecule has 0 spiro atoms. The first-order chi connectivity index (χ1) is 9.13. The zero-order valence-corrected chi connectivity index (χ0v) is 10.4. The monoisotopic (exact) mass is 258 g/mol. The fourth-order valence-electron chi connectivity index (χ4n) is 1.92. The summed E-state index contributed by atoms with van der Waals surface area (Å²) in [6, 6.07) is 10.4. The van der Waals surface area contributed by atoms with Crippen LogP contribution in [0.5, 0.6) is 0 Å². The summed E-state index contributed by atoms with van der Waals surface area (Å²) >= 11 is 0. The summed E-state index contributed by atoms with van der Waals surface area (Å²) in [5, 5.41) is 11.7. The quantitative estimate of drug-likeness (QED) is 0.917. The van der Waals surface area contributed by atoms with E-state index in [1.807, 2.05) is 6.07 Å². The normalized spacial score (nSPS) is 10.2. The van der Waals surface area contributed by atoms with Crippen molar-refractivity contribution in [3.8, 4) is 17.2 Å². The van der Waals surface area contributed by atoms with E-state index in [9.17, 15) is 8.78 Å². The van der Waals surface area contributed by atoms with Crippen molar-refractivity contribution in [2.24, 2.45) is 0 Å². The van der Waals surface area contributed by atoms with Crippen LogP contribution < -0.4 is 5.32 Å². The lowest BCUT2D eigenvalue weighted by Crippen LogP contribution is -2.05. The molecule has 0 saturated heterocycles. The van der Waals surface area contributed by atoms with Crippen LogP contribution in [-0.2, 0) is 6.54 Å². The Hall–Kier alpha value is -2.25. The van der Waals surface area contributed by atoms with Gasteiger partial charge in [-0.05, 0) is 42.4 Å². The summed E-state index contributed by atoms with van der Waals surface area (Å²) in [6.07, 6.45) is 0. The molecule has 0 radical (unpaired) electrons. The number of hydrogen-bond donors (Lipinski definition) is 1. The van der Waals surface area contributed by atoms with Crippen molar-refractivity contribution < 1.29 is 8.78 Å². The maximum absolute atomic E-state index is 14.0. The molecule has 2 nitrogen and oxygen atoms in total. The second-order valence-electron chi connectivity index (χ2n) is 4.18.